The van der Waals surface area contributed by atoms with Gasteiger partial charge in [0.15, 0.2) is 0 Å². The largest absolute Gasteiger partial charge is 0.497 e. The Morgan fingerprint density at radius 3 is 2.29 bits per heavy atom. The molecule has 0 saturated carbocycles. The van der Waals surface area contributed by atoms with E-state index in [0.29, 0.717) is 29.3 Å². The molecule has 5 heteroatoms. The van der Waals surface area contributed by atoms with Crippen molar-refractivity contribution in [3.8, 4) is 11.5 Å². The first-order valence-electron chi connectivity index (χ1n) is 6.48. The fourth-order valence-electron chi connectivity index (χ4n) is 2.02. The Kier molecular flexibility index (Phi) is 4.66. The van der Waals surface area contributed by atoms with Crippen molar-refractivity contribution in [2.75, 3.05) is 19.5 Å². The molecule has 5 nitrogen and oxygen atoms in total. The zero-order valence-electron chi connectivity index (χ0n) is 12.1. The number of nitrogens with two attached hydrogens (primary N) is 1. The maximum Gasteiger partial charge on any atom is 0.250 e. The summed E-state index contributed by atoms with van der Waals surface area (Å²) in [5.41, 5.74) is 7.50. The van der Waals surface area contributed by atoms with Gasteiger partial charge in [-0.25, -0.2) is 0 Å². The number of hydrogen-bond acceptors (Lipinski definition) is 4. The van der Waals surface area contributed by atoms with Gasteiger partial charge < -0.3 is 20.5 Å². The first-order valence-corrected chi connectivity index (χ1v) is 6.48. The molecule has 0 radical (unpaired) electrons. The van der Waals surface area contributed by atoms with E-state index >= 15 is 0 Å². The normalized spacial score (nSPS) is 10.0. The number of methoxy groups -OCH3 is 2. The number of carbonyl (C=O) groups is 1. The van der Waals surface area contributed by atoms with Crippen LogP contribution < -0.4 is 20.5 Å². The highest BCUT2D eigenvalue weighted by Crippen LogP contribution is 2.23. The van der Waals surface area contributed by atoms with E-state index in [0.717, 1.165) is 5.56 Å². The van der Waals surface area contributed by atoms with E-state index in [1.165, 1.54) is 0 Å². The van der Waals surface area contributed by atoms with E-state index in [1.54, 1.807) is 32.4 Å². The van der Waals surface area contributed by atoms with Crippen molar-refractivity contribution in [3.63, 3.8) is 0 Å². The lowest BCUT2D eigenvalue weighted by molar-refractivity contribution is 0.100. The van der Waals surface area contributed by atoms with Gasteiger partial charge in [0, 0.05) is 18.3 Å². The van der Waals surface area contributed by atoms with Crippen LogP contribution in [0.2, 0.25) is 0 Å². The van der Waals surface area contributed by atoms with Crippen LogP contribution in [-0.2, 0) is 6.54 Å². The standard InChI is InChI=1S/C16H18N2O3/c1-20-12-7-11(8-13(9-12)21-2)10-18-15-6-4-3-5-14(15)16(17)19/h3-9,18H,10H2,1-2H3,(H2,17,19). The van der Waals surface area contributed by atoms with Crippen LogP contribution in [-0.4, -0.2) is 20.1 Å². The quantitative estimate of drug-likeness (QED) is 0.855. The van der Waals surface area contributed by atoms with Gasteiger partial charge in [-0.3, -0.25) is 4.79 Å². The molecule has 0 fully saturated rings. The molecule has 2 aromatic rings. The average Bonchev–Trinajstić information content (AvgIpc) is 2.52. The highest BCUT2D eigenvalue weighted by Gasteiger charge is 2.07. The van der Waals surface area contributed by atoms with Crippen LogP contribution in [0.25, 0.3) is 0 Å². The predicted molar refractivity (Wildman–Crippen MR) is 81.8 cm³/mol. The summed E-state index contributed by atoms with van der Waals surface area (Å²) in [6.45, 7) is 0.526. The number of anilines is 1. The van der Waals surface area contributed by atoms with E-state index in [2.05, 4.69) is 5.32 Å². The van der Waals surface area contributed by atoms with Gasteiger partial charge in [-0.15, -0.1) is 0 Å². The molecule has 110 valence electrons. The smallest absolute Gasteiger partial charge is 0.250 e. The number of amides is 1. The molecule has 21 heavy (non-hydrogen) atoms. The van der Waals surface area contributed by atoms with Crippen molar-refractivity contribution in [3.05, 3.63) is 53.6 Å². The van der Waals surface area contributed by atoms with E-state index in [1.807, 2.05) is 24.3 Å². The summed E-state index contributed by atoms with van der Waals surface area (Å²) in [5, 5.41) is 3.20. The summed E-state index contributed by atoms with van der Waals surface area (Å²) >= 11 is 0. The number of rotatable bonds is 6. The third-order valence-electron chi connectivity index (χ3n) is 3.09. The topological polar surface area (TPSA) is 73.6 Å². The Hall–Kier alpha value is -2.69. The summed E-state index contributed by atoms with van der Waals surface area (Å²) in [5.74, 6) is 0.977. The molecule has 0 aliphatic carbocycles. The highest BCUT2D eigenvalue weighted by atomic mass is 16.5. The molecule has 2 aromatic carbocycles. The minimum Gasteiger partial charge on any atom is -0.497 e. The van der Waals surface area contributed by atoms with Crippen molar-refractivity contribution in [2.45, 2.75) is 6.54 Å². The van der Waals surface area contributed by atoms with Gasteiger partial charge in [-0.1, -0.05) is 12.1 Å². The summed E-state index contributed by atoms with van der Waals surface area (Å²) in [6.07, 6.45) is 0. The minimum atomic E-state index is -0.457. The second-order valence-corrected chi connectivity index (χ2v) is 4.48. The molecule has 0 atom stereocenters. The van der Waals surface area contributed by atoms with Crippen LogP contribution >= 0.6 is 0 Å². The molecule has 0 saturated heterocycles. The van der Waals surface area contributed by atoms with Gasteiger partial charge in [0.05, 0.1) is 19.8 Å². The zero-order valence-corrected chi connectivity index (χ0v) is 12.1. The fraction of sp³-hybridized carbons (Fsp3) is 0.188. The number of nitrogens with one attached hydrogen (secondary N) is 1. The molecule has 0 spiro atoms. The zero-order chi connectivity index (χ0) is 15.2. The molecule has 0 heterocycles. The Bertz CT molecular complexity index is 619. The number of hydrogen-bond donors (Lipinski definition) is 2. The third-order valence-corrected chi connectivity index (χ3v) is 3.09. The summed E-state index contributed by atoms with van der Waals surface area (Å²) in [4.78, 5) is 11.4. The van der Waals surface area contributed by atoms with E-state index < -0.39 is 5.91 Å². The lowest BCUT2D eigenvalue weighted by Gasteiger charge is -2.12. The molecule has 0 unspecified atom stereocenters. The minimum absolute atomic E-state index is 0.457. The van der Waals surface area contributed by atoms with Crippen molar-refractivity contribution in [1.82, 2.24) is 0 Å². The van der Waals surface area contributed by atoms with Gasteiger partial charge in [-0.2, -0.15) is 0 Å². The van der Waals surface area contributed by atoms with Crippen LogP contribution in [0.15, 0.2) is 42.5 Å². The first-order chi connectivity index (χ1) is 10.1. The van der Waals surface area contributed by atoms with Crippen molar-refractivity contribution < 1.29 is 14.3 Å². The lowest BCUT2D eigenvalue weighted by atomic mass is 10.1. The van der Waals surface area contributed by atoms with Gasteiger partial charge in [-0.05, 0) is 29.8 Å². The Morgan fingerprint density at radius 2 is 1.71 bits per heavy atom. The Labute approximate surface area is 123 Å². The van der Waals surface area contributed by atoms with E-state index in [9.17, 15) is 4.79 Å². The molecule has 1 amide bonds. The fourth-order valence-corrected chi connectivity index (χ4v) is 2.02. The maximum absolute atomic E-state index is 11.4. The predicted octanol–water partition coefficient (Wildman–Crippen LogP) is 2.41. The van der Waals surface area contributed by atoms with Crippen LogP contribution in [0, 0.1) is 0 Å². The number of carbonyl (C=O) groups excluding carboxylic acids is 1. The number of para-hydroxylation sites is 1. The third kappa shape index (κ3) is 3.66. The van der Waals surface area contributed by atoms with Crippen molar-refractivity contribution in [2.24, 2.45) is 5.73 Å². The van der Waals surface area contributed by atoms with Gasteiger partial charge in [0.1, 0.15) is 11.5 Å². The molecule has 0 bridgehead atoms. The molecule has 0 aliphatic heterocycles. The average molecular weight is 286 g/mol. The molecular formula is C16H18N2O3. The second-order valence-electron chi connectivity index (χ2n) is 4.48. The lowest BCUT2D eigenvalue weighted by Crippen LogP contribution is -2.14. The van der Waals surface area contributed by atoms with Crippen LogP contribution in [0.4, 0.5) is 5.69 Å². The summed E-state index contributed by atoms with van der Waals surface area (Å²) in [7, 11) is 3.21. The molecule has 2 rings (SSSR count). The molecular weight excluding hydrogens is 268 g/mol. The van der Waals surface area contributed by atoms with Crippen LogP contribution in [0.1, 0.15) is 15.9 Å². The number of ether oxygens (including phenoxy) is 2. The SMILES string of the molecule is COc1cc(CNc2ccccc2C(N)=O)cc(OC)c1. The van der Waals surface area contributed by atoms with Crippen LogP contribution in [0.3, 0.4) is 0 Å². The highest BCUT2D eigenvalue weighted by molar-refractivity contribution is 5.98. The summed E-state index contributed by atoms with van der Waals surface area (Å²) in [6, 6.07) is 12.8. The van der Waals surface area contributed by atoms with E-state index in [4.69, 9.17) is 15.2 Å². The summed E-state index contributed by atoms with van der Waals surface area (Å²) < 4.78 is 10.5. The number of primary amides is 1. The van der Waals surface area contributed by atoms with Gasteiger partial charge in [0.25, 0.3) is 5.91 Å². The van der Waals surface area contributed by atoms with Gasteiger partial charge >= 0.3 is 0 Å². The Morgan fingerprint density at radius 1 is 1.10 bits per heavy atom. The van der Waals surface area contributed by atoms with E-state index in [-0.39, 0.29) is 0 Å². The maximum atomic E-state index is 11.4. The molecule has 0 aromatic heterocycles. The van der Waals surface area contributed by atoms with Crippen LogP contribution in [0.5, 0.6) is 11.5 Å². The first kappa shape index (κ1) is 14.7. The van der Waals surface area contributed by atoms with Crippen molar-refractivity contribution in [1.29, 1.82) is 0 Å². The Balaban J connectivity index is 2.18. The number of benzene rings is 2. The molecule has 0 aliphatic rings. The van der Waals surface area contributed by atoms with Crippen molar-refractivity contribution >= 4 is 11.6 Å². The van der Waals surface area contributed by atoms with Gasteiger partial charge in [0.2, 0.25) is 0 Å². The molecule has 3 N–H and O–H groups in total. The monoisotopic (exact) mass is 286 g/mol. The second kappa shape index (κ2) is 6.65.